The Labute approximate surface area is 109 Å². The highest BCUT2D eigenvalue weighted by Crippen LogP contribution is 2.09. The Kier molecular flexibility index (Phi) is 3.74. The highest BCUT2D eigenvalue weighted by Gasteiger charge is 2.15. The third-order valence-electron chi connectivity index (χ3n) is 2.74. The molecule has 2 heterocycles. The van der Waals surface area contributed by atoms with Gasteiger partial charge in [0.05, 0.1) is 23.5 Å². The first kappa shape index (κ1) is 13.0. The lowest BCUT2D eigenvalue weighted by Crippen LogP contribution is -2.32. The van der Waals surface area contributed by atoms with Crippen LogP contribution in [0.15, 0.2) is 24.8 Å². The molecule has 0 aliphatic carbocycles. The molecule has 0 aliphatic rings. The predicted molar refractivity (Wildman–Crippen MR) is 66.8 cm³/mol. The zero-order valence-electron chi connectivity index (χ0n) is 10.4. The third kappa shape index (κ3) is 3.06. The smallest absolute Gasteiger partial charge is 0.303 e. The number of hydrogen-bond donors (Lipinski definition) is 2. The van der Waals surface area contributed by atoms with Gasteiger partial charge in [-0.15, -0.1) is 0 Å². The number of rotatable bonds is 5. The summed E-state index contributed by atoms with van der Waals surface area (Å²) >= 11 is 0. The minimum atomic E-state index is -0.874. The van der Waals surface area contributed by atoms with Gasteiger partial charge in [0.15, 0.2) is 0 Å². The van der Waals surface area contributed by atoms with Crippen molar-refractivity contribution in [2.75, 3.05) is 0 Å². The van der Waals surface area contributed by atoms with Crippen molar-refractivity contribution >= 4 is 17.4 Å². The molecule has 0 saturated carbocycles. The van der Waals surface area contributed by atoms with E-state index in [4.69, 9.17) is 5.11 Å². The summed E-state index contributed by atoms with van der Waals surface area (Å²) in [6.07, 6.45) is 6.67. The van der Waals surface area contributed by atoms with Crippen LogP contribution in [0.2, 0.25) is 0 Å². The summed E-state index contributed by atoms with van der Waals surface area (Å²) in [5, 5.41) is 15.4. The summed E-state index contributed by atoms with van der Waals surface area (Å²) < 4.78 is 1.56. The molecule has 0 saturated heterocycles. The highest BCUT2D eigenvalue weighted by molar-refractivity contribution is 6.00. The molecule has 0 aliphatic heterocycles. The lowest BCUT2D eigenvalue weighted by atomic mass is 10.1. The van der Waals surface area contributed by atoms with Crippen LogP contribution in [0, 0.1) is 0 Å². The molecule has 0 radical (unpaired) electrons. The number of nitrogens with one attached hydrogen (secondary N) is 1. The molecule has 0 fully saturated rings. The number of carboxylic acids is 1. The van der Waals surface area contributed by atoms with E-state index in [2.05, 4.69) is 15.4 Å². The fraction of sp³-hybridized carbons (Fsp3) is 0.333. The van der Waals surface area contributed by atoms with E-state index in [9.17, 15) is 9.59 Å². The summed E-state index contributed by atoms with van der Waals surface area (Å²) in [4.78, 5) is 26.4. The van der Waals surface area contributed by atoms with Gasteiger partial charge in [-0.25, -0.2) is 4.52 Å². The topological polar surface area (TPSA) is 96.6 Å². The number of aliphatic carboxylic acids is 1. The molecular formula is C12H14N4O3. The molecule has 1 amide bonds. The average molecular weight is 262 g/mol. The van der Waals surface area contributed by atoms with Crippen LogP contribution < -0.4 is 5.32 Å². The molecule has 100 valence electrons. The zero-order chi connectivity index (χ0) is 13.8. The van der Waals surface area contributed by atoms with E-state index in [1.807, 2.05) is 0 Å². The van der Waals surface area contributed by atoms with Gasteiger partial charge >= 0.3 is 5.97 Å². The van der Waals surface area contributed by atoms with Gasteiger partial charge in [-0.3, -0.25) is 14.6 Å². The van der Waals surface area contributed by atoms with Gasteiger partial charge < -0.3 is 10.4 Å². The number of carbonyl (C=O) groups excluding carboxylic acids is 1. The second kappa shape index (κ2) is 5.47. The van der Waals surface area contributed by atoms with E-state index in [-0.39, 0.29) is 18.4 Å². The fourth-order valence-corrected chi connectivity index (χ4v) is 1.72. The van der Waals surface area contributed by atoms with Gasteiger partial charge in [-0.1, -0.05) is 0 Å². The lowest BCUT2D eigenvalue weighted by molar-refractivity contribution is -0.137. The number of carboxylic acid groups (broad SMARTS) is 1. The maximum atomic E-state index is 12.0. The van der Waals surface area contributed by atoms with Crippen molar-refractivity contribution < 1.29 is 14.7 Å². The third-order valence-corrected chi connectivity index (χ3v) is 2.74. The van der Waals surface area contributed by atoms with E-state index in [1.54, 1.807) is 30.0 Å². The number of hydrogen-bond acceptors (Lipinski definition) is 4. The molecule has 1 unspecified atom stereocenters. The summed E-state index contributed by atoms with van der Waals surface area (Å²) in [5.41, 5.74) is 1.04. The van der Waals surface area contributed by atoms with Crippen LogP contribution in [0.3, 0.4) is 0 Å². The second-order valence-electron chi connectivity index (χ2n) is 4.27. The molecule has 0 spiro atoms. The van der Waals surface area contributed by atoms with Gasteiger partial charge in [-0.2, -0.15) is 5.10 Å². The molecule has 2 N–H and O–H groups in total. The summed E-state index contributed by atoms with van der Waals surface area (Å²) in [6, 6.07) is -0.213. The SMILES string of the molecule is CC(CCC(=O)O)NC(=O)c1cnn2ccncc12. The minimum Gasteiger partial charge on any atom is -0.481 e. The van der Waals surface area contributed by atoms with Crippen molar-refractivity contribution in [1.82, 2.24) is 19.9 Å². The minimum absolute atomic E-state index is 0.0256. The number of fused-ring (bicyclic) bond motifs is 1. The van der Waals surface area contributed by atoms with Crippen molar-refractivity contribution in [2.24, 2.45) is 0 Å². The van der Waals surface area contributed by atoms with Gasteiger partial charge in [0.25, 0.3) is 5.91 Å². The van der Waals surface area contributed by atoms with E-state index in [0.29, 0.717) is 17.5 Å². The van der Waals surface area contributed by atoms with Crippen molar-refractivity contribution in [1.29, 1.82) is 0 Å². The van der Waals surface area contributed by atoms with Crippen LogP contribution in [-0.4, -0.2) is 37.6 Å². The molecule has 0 aromatic carbocycles. The van der Waals surface area contributed by atoms with E-state index in [1.165, 1.54) is 6.20 Å². The Morgan fingerprint density at radius 2 is 2.26 bits per heavy atom. The first-order valence-electron chi connectivity index (χ1n) is 5.88. The number of carbonyl (C=O) groups is 2. The monoisotopic (exact) mass is 262 g/mol. The zero-order valence-corrected chi connectivity index (χ0v) is 10.4. The van der Waals surface area contributed by atoms with Gasteiger partial charge in [0.2, 0.25) is 0 Å². The van der Waals surface area contributed by atoms with Crippen LogP contribution >= 0.6 is 0 Å². The second-order valence-corrected chi connectivity index (χ2v) is 4.27. The van der Waals surface area contributed by atoms with Gasteiger partial charge in [-0.05, 0) is 13.3 Å². The maximum absolute atomic E-state index is 12.0. The lowest BCUT2D eigenvalue weighted by Gasteiger charge is -2.11. The Bertz CT molecular complexity index is 608. The molecule has 0 bridgehead atoms. The van der Waals surface area contributed by atoms with Crippen LogP contribution in [0.5, 0.6) is 0 Å². The van der Waals surface area contributed by atoms with Crippen LogP contribution in [0.25, 0.3) is 5.52 Å². The Morgan fingerprint density at radius 3 is 3.00 bits per heavy atom. The standard InChI is InChI=1S/C12H14N4O3/c1-8(2-3-11(17)18)15-12(19)9-6-14-16-5-4-13-7-10(9)16/h4-8H,2-3H2,1H3,(H,15,19)(H,17,18). The molecular weight excluding hydrogens is 248 g/mol. The first-order valence-corrected chi connectivity index (χ1v) is 5.88. The van der Waals surface area contributed by atoms with E-state index in [0.717, 1.165) is 0 Å². The van der Waals surface area contributed by atoms with Crippen LogP contribution in [0.4, 0.5) is 0 Å². The maximum Gasteiger partial charge on any atom is 0.303 e. The van der Waals surface area contributed by atoms with Crippen molar-refractivity contribution in [3.05, 3.63) is 30.4 Å². The van der Waals surface area contributed by atoms with Crippen molar-refractivity contribution in [3.63, 3.8) is 0 Å². The first-order chi connectivity index (χ1) is 9.08. The number of amides is 1. The van der Waals surface area contributed by atoms with Crippen LogP contribution in [0.1, 0.15) is 30.1 Å². The van der Waals surface area contributed by atoms with Gasteiger partial charge in [0.1, 0.15) is 0 Å². The van der Waals surface area contributed by atoms with Crippen molar-refractivity contribution in [2.45, 2.75) is 25.8 Å². The van der Waals surface area contributed by atoms with Crippen LogP contribution in [-0.2, 0) is 4.79 Å². The molecule has 2 aromatic heterocycles. The Morgan fingerprint density at radius 1 is 1.47 bits per heavy atom. The largest absolute Gasteiger partial charge is 0.481 e. The normalized spacial score (nSPS) is 12.3. The fourth-order valence-electron chi connectivity index (χ4n) is 1.72. The number of aromatic nitrogens is 3. The predicted octanol–water partition coefficient (Wildman–Crippen LogP) is 0.712. The van der Waals surface area contributed by atoms with E-state index >= 15 is 0 Å². The Hall–Kier alpha value is -2.44. The molecule has 19 heavy (non-hydrogen) atoms. The summed E-state index contributed by atoms with van der Waals surface area (Å²) in [7, 11) is 0. The van der Waals surface area contributed by atoms with E-state index < -0.39 is 5.97 Å². The average Bonchev–Trinajstić information content (AvgIpc) is 2.80. The molecule has 2 rings (SSSR count). The van der Waals surface area contributed by atoms with Gasteiger partial charge in [0, 0.05) is 24.9 Å². The molecule has 7 nitrogen and oxygen atoms in total. The quantitative estimate of drug-likeness (QED) is 0.827. The number of nitrogens with zero attached hydrogens (tertiary/aromatic N) is 3. The summed E-state index contributed by atoms with van der Waals surface area (Å²) in [5.74, 6) is -1.15. The summed E-state index contributed by atoms with van der Waals surface area (Å²) in [6.45, 7) is 1.77. The highest BCUT2D eigenvalue weighted by atomic mass is 16.4. The van der Waals surface area contributed by atoms with Crippen molar-refractivity contribution in [3.8, 4) is 0 Å². The molecule has 7 heteroatoms. The molecule has 1 atom stereocenters. The Balaban J connectivity index is 2.05. The molecule has 2 aromatic rings.